The van der Waals surface area contributed by atoms with Crippen molar-refractivity contribution in [1.82, 2.24) is 19.8 Å². The van der Waals surface area contributed by atoms with Crippen molar-refractivity contribution in [1.29, 1.82) is 0 Å². The first kappa shape index (κ1) is 25.1. The zero-order valence-electron chi connectivity index (χ0n) is 24.2. The summed E-state index contributed by atoms with van der Waals surface area (Å²) in [6.45, 7) is 0. The Morgan fingerprint density at radius 1 is 0.614 bits per heavy atom. The van der Waals surface area contributed by atoms with Crippen LogP contribution in [0.5, 0.6) is 0 Å². The van der Waals surface area contributed by atoms with E-state index in [1.165, 1.54) is 43.8 Å². The van der Waals surface area contributed by atoms with E-state index in [-0.39, 0.29) is 12.3 Å². The third kappa shape index (κ3) is 3.86. The molecule has 5 nitrogen and oxygen atoms in total. The van der Waals surface area contributed by atoms with E-state index in [9.17, 15) is 0 Å². The van der Waals surface area contributed by atoms with Gasteiger partial charge in [-0.15, -0.1) is 0 Å². The maximum Gasteiger partial charge on any atom is 0.206 e. The number of nitrogens with one attached hydrogen (secondary N) is 2. The summed E-state index contributed by atoms with van der Waals surface area (Å²) in [5.74, 6) is 0.833. The lowest BCUT2D eigenvalue weighted by molar-refractivity contribution is 0.403. The number of para-hydroxylation sites is 2. The van der Waals surface area contributed by atoms with Gasteiger partial charge in [-0.2, -0.15) is 0 Å². The fourth-order valence-electron chi connectivity index (χ4n) is 7.09. The van der Waals surface area contributed by atoms with E-state index in [1.807, 2.05) is 0 Å². The predicted molar refractivity (Wildman–Crippen MR) is 183 cm³/mol. The fourth-order valence-corrected chi connectivity index (χ4v) is 7.09. The average Bonchev–Trinajstić information content (AvgIpc) is 3.62. The Labute approximate surface area is 255 Å². The molecule has 7 aromatic rings. The van der Waals surface area contributed by atoms with Gasteiger partial charge in [0, 0.05) is 27.2 Å². The fraction of sp³-hybridized carbons (Fsp3) is 0.103. The van der Waals surface area contributed by atoms with Crippen LogP contribution in [0.4, 0.5) is 0 Å². The molecule has 1 aliphatic heterocycles. The maximum absolute atomic E-state index is 5.34. The maximum atomic E-state index is 5.34. The molecule has 9 rings (SSSR count). The van der Waals surface area contributed by atoms with Crippen molar-refractivity contribution in [3.8, 4) is 0 Å². The van der Waals surface area contributed by atoms with Crippen LogP contribution in [0.3, 0.4) is 0 Å². The summed E-state index contributed by atoms with van der Waals surface area (Å²) >= 11 is 0. The van der Waals surface area contributed by atoms with Gasteiger partial charge in [-0.05, 0) is 48.2 Å². The van der Waals surface area contributed by atoms with E-state index in [1.54, 1.807) is 0 Å². The lowest BCUT2D eigenvalue weighted by Crippen LogP contribution is -2.47. The predicted octanol–water partition coefficient (Wildman–Crippen LogP) is 8.89. The Kier molecular flexibility index (Phi) is 5.78. The van der Waals surface area contributed by atoms with Gasteiger partial charge < -0.3 is 9.88 Å². The zero-order valence-corrected chi connectivity index (χ0v) is 24.2. The topological polar surface area (TPSA) is 46.3 Å². The van der Waals surface area contributed by atoms with Crippen LogP contribution in [0.2, 0.25) is 0 Å². The summed E-state index contributed by atoms with van der Waals surface area (Å²) < 4.78 is 4.83. The first-order valence-electron chi connectivity index (χ1n) is 15.4. The van der Waals surface area contributed by atoms with Crippen molar-refractivity contribution in [2.45, 2.75) is 25.2 Å². The second-order valence-electron chi connectivity index (χ2n) is 11.6. The molecule has 2 aromatic heterocycles. The molecule has 0 fully saturated rings. The van der Waals surface area contributed by atoms with Crippen molar-refractivity contribution in [2.24, 2.45) is 4.99 Å². The summed E-state index contributed by atoms with van der Waals surface area (Å²) in [6, 6.07) is 43.2. The first-order valence-corrected chi connectivity index (χ1v) is 15.4. The molecule has 0 radical (unpaired) electrons. The molecule has 0 amide bonds. The molecular formula is C39H31N5. The Morgan fingerprint density at radius 3 is 2.05 bits per heavy atom. The van der Waals surface area contributed by atoms with E-state index >= 15 is 0 Å². The summed E-state index contributed by atoms with van der Waals surface area (Å²) in [6.07, 6.45) is 8.48. The van der Waals surface area contributed by atoms with Gasteiger partial charge in [-0.3, -0.25) is 9.88 Å². The largest absolute Gasteiger partial charge is 0.336 e. The van der Waals surface area contributed by atoms with Gasteiger partial charge in [0.15, 0.2) is 0 Å². The van der Waals surface area contributed by atoms with Crippen LogP contribution < -0.4 is 10.6 Å². The number of allylic oxidation sites excluding steroid dienone is 4. The summed E-state index contributed by atoms with van der Waals surface area (Å²) in [5, 5.41) is 12.6. The third-order valence-corrected chi connectivity index (χ3v) is 9.06. The van der Waals surface area contributed by atoms with Crippen LogP contribution in [0.1, 0.15) is 36.3 Å². The summed E-state index contributed by atoms with van der Waals surface area (Å²) in [5.41, 5.74) is 8.41. The smallest absolute Gasteiger partial charge is 0.206 e. The molecule has 2 atom stereocenters. The number of fused-ring (bicyclic) bond motifs is 7. The minimum atomic E-state index is -0.205. The molecule has 1 aliphatic carbocycles. The number of aliphatic imine (C=N–C) groups is 1. The number of benzene rings is 5. The lowest BCUT2D eigenvalue weighted by Gasteiger charge is -2.32. The molecule has 5 heteroatoms. The molecule has 0 bridgehead atoms. The van der Waals surface area contributed by atoms with E-state index in [0.717, 1.165) is 35.4 Å². The lowest BCUT2D eigenvalue weighted by atomic mass is 10.1. The minimum Gasteiger partial charge on any atom is -0.336 e. The standard InChI is InChI=1S/C39H31N5/c1-4-14-26(15-5-1)37-40-38(27-16-6-2-7-17-27)42-39(41-37)44-33-23-13-11-21-31(33)35-34(44)25-24-30-29-20-10-12-22-32(29)43(36(30)35)28-18-8-3-9-19-28/h1-8,10-18,20-25,37-38,40H,9,19H2,(H,41,42). The van der Waals surface area contributed by atoms with Gasteiger partial charge in [0.05, 0.1) is 22.1 Å². The van der Waals surface area contributed by atoms with Crippen LogP contribution in [0.25, 0.3) is 49.3 Å². The molecule has 0 saturated carbocycles. The number of rotatable bonds is 3. The summed E-state index contributed by atoms with van der Waals surface area (Å²) in [7, 11) is 0. The first-order chi connectivity index (χ1) is 21.8. The van der Waals surface area contributed by atoms with Crippen LogP contribution in [-0.2, 0) is 0 Å². The van der Waals surface area contributed by atoms with Gasteiger partial charge in [-0.1, -0.05) is 115 Å². The Balaban J connectivity index is 1.35. The Hall–Kier alpha value is -5.39. The Morgan fingerprint density at radius 2 is 1.30 bits per heavy atom. The SMILES string of the molecule is C1=CCCC(n2c3ccccc3c3ccc4c(c5ccccc5n4C4=NC(c5ccccc5)NC(c5ccccc5)N4)c32)=C1. The quantitative estimate of drug-likeness (QED) is 0.223. The number of aromatic nitrogens is 2. The second-order valence-corrected chi connectivity index (χ2v) is 11.6. The normalized spacial score (nSPS) is 18.5. The van der Waals surface area contributed by atoms with Gasteiger partial charge in [-0.25, -0.2) is 4.99 Å². The molecule has 2 aliphatic rings. The zero-order chi connectivity index (χ0) is 29.0. The van der Waals surface area contributed by atoms with Gasteiger partial charge >= 0.3 is 0 Å². The molecule has 212 valence electrons. The molecule has 2 unspecified atom stereocenters. The molecule has 44 heavy (non-hydrogen) atoms. The molecule has 0 saturated heterocycles. The molecular weight excluding hydrogens is 538 g/mol. The molecule has 3 heterocycles. The van der Waals surface area contributed by atoms with Crippen LogP contribution in [0, 0.1) is 0 Å². The van der Waals surface area contributed by atoms with Crippen molar-refractivity contribution in [3.05, 3.63) is 151 Å². The molecule has 5 aromatic carbocycles. The van der Waals surface area contributed by atoms with E-state index in [4.69, 9.17) is 4.99 Å². The highest BCUT2D eigenvalue weighted by Gasteiger charge is 2.28. The van der Waals surface area contributed by atoms with Crippen molar-refractivity contribution >= 4 is 55.3 Å². The van der Waals surface area contributed by atoms with Gasteiger partial charge in [0.1, 0.15) is 12.3 Å². The number of hydrogen-bond acceptors (Lipinski definition) is 3. The third-order valence-electron chi connectivity index (χ3n) is 9.06. The van der Waals surface area contributed by atoms with E-state index in [2.05, 4.69) is 159 Å². The highest BCUT2D eigenvalue weighted by molar-refractivity contribution is 6.27. The van der Waals surface area contributed by atoms with Crippen LogP contribution >= 0.6 is 0 Å². The van der Waals surface area contributed by atoms with E-state index < -0.39 is 0 Å². The van der Waals surface area contributed by atoms with E-state index in [0.29, 0.717) is 0 Å². The van der Waals surface area contributed by atoms with Crippen LogP contribution in [-0.4, -0.2) is 15.1 Å². The monoisotopic (exact) mass is 569 g/mol. The average molecular weight is 570 g/mol. The number of nitrogens with zero attached hydrogens (tertiary/aromatic N) is 3. The van der Waals surface area contributed by atoms with Crippen molar-refractivity contribution in [2.75, 3.05) is 0 Å². The molecule has 2 N–H and O–H groups in total. The van der Waals surface area contributed by atoms with Gasteiger partial charge in [0.2, 0.25) is 5.96 Å². The minimum absolute atomic E-state index is 0.112. The van der Waals surface area contributed by atoms with Gasteiger partial charge in [0.25, 0.3) is 0 Å². The van der Waals surface area contributed by atoms with Crippen molar-refractivity contribution in [3.63, 3.8) is 0 Å². The second kappa shape index (κ2) is 10.1. The highest BCUT2D eigenvalue weighted by Crippen LogP contribution is 2.42. The highest BCUT2D eigenvalue weighted by atomic mass is 15.4. The van der Waals surface area contributed by atoms with Crippen LogP contribution in [0.15, 0.2) is 145 Å². The number of hydrogen-bond donors (Lipinski definition) is 2. The van der Waals surface area contributed by atoms with Crippen molar-refractivity contribution < 1.29 is 0 Å². The molecule has 0 spiro atoms. The Bertz CT molecular complexity index is 2290. The summed E-state index contributed by atoms with van der Waals surface area (Å²) in [4.78, 5) is 5.34.